The van der Waals surface area contributed by atoms with Gasteiger partial charge in [0.1, 0.15) is 5.75 Å². The number of ether oxygens (including phenoxy) is 1. The zero-order chi connectivity index (χ0) is 14.2. The summed E-state index contributed by atoms with van der Waals surface area (Å²) in [5.41, 5.74) is 3.14. The standard InChI is InChI=1S/C17H15NO2S/c19-14(11-5-6-15-12(9-11)7-8-20-15)10-17-18-13-3-1-2-4-16(13)21-17/h1-6,9,14,19H,7-8,10H2. The van der Waals surface area contributed by atoms with Gasteiger partial charge in [-0.25, -0.2) is 4.98 Å². The fraction of sp³-hybridized carbons (Fsp3) is 0.235. The minimum absolute atomic E-state index is 0.517. The molecule has 1 aliphatic heterocycles. The summed E-state index contributed by atoms with van der Waals surface area (Å²) in [6, 6.07) is 14.0. The molecule has 0 spiro atoms. The van der Waals surface area contributed by atoms with Gasteiger partial charge >= 0.3 is 0 Å². The highest BCUT2D eigenvalue weighted by Crippen LogP contribution is 2.30. The third-order valence-corrected chi connectivity index (χ3v) is 4.86. The second-order valence-corrected chi connectivity index (χ2v) is 6.38. The van der Waals surface area contributed by atoms with Gasteiger partial charge in [-0.2, -0.15) is 0 Å². The van der Waals surface area contributed by atoms with Gasteiger partial charge in [-0.1, -0.05) is 18.2 Å². The van der Waals surface area contributed by atoms with E-state index in [1.54, 1.807) is 11.3 Å². The Morgan fingerprint density at radius 3 is 3.05 bits per heavy atom. The van der Waals surface area contributed by atoms with Crippen molar-refractivity contribution in [2.75, 3.05) is 6.61 Å². The first-order valence-electron chi connectivity index (χ1n) is 7.08. The Morgan fingerprint density at radius 1 is 1.24 bits per heavy atom. The molecule has 1 atom stereocenters. The highest BCUT2D eigenvalue weighted by Gasteiger charge is 2.17. The summed E-state index contributed by atoms with van der Waals surface area (Å²) in [5, 5.41) is 11.4. The van der Waals surface area contributed by atoms with Crippen LogP contribution in [0.1, 0.15) is 22.2 Å². The van der Waals surface area contributed by atoms with Crippen molar-refractivity contribution in [3.05, 3.63) is 58.6 Å². The first kappa shape index (κ1) is 12.8. The SMILES string of the molecule is OC(Cc1nc2ccccc2s1)c1ccc2c(c1)CCO2. The van der Waals surface area contributed by atoms with Crippen LogP contribution in [0, 0.1) is 0 Å². The first-order valence-corrected chi connectivity index (χ1v) is 7.89. The van der Waals surface area contributed by atoms with Gasteiger partial charge in [-0.05, 0) is 35.4 Å². The molecule has 4 rings (SSSR count). The quantitative estimate of drug-likeness (QED) is 0.804. The molecule has 4 heteroatoms. The highest BCUT2D eigenvalue weighted by molar-refractivity contribution is 7.18. The summed E-state index contributed by atoms with van der Waals surface area (Å²) in [6.07, 6.45) is 0.965. The molecule has 3 nitrogen and oxygen atoms in total. The lowest BCUT2D eigenvalue weighted by molar-refractivity contribution is 0.178. The predicted octanol–water partition coefficient (Wildman–Crippen LogP) is 3.51. The van der Waals surface area contributed by atoms with E-state index in [0.717, 1.165) is 34.9 Å². The Kier molecular flexibility index (Phi) is 3.13. The number of aliphatic hydroxyl groups is 1. The molecule has 1 unspecified atom stereocenters. The third-order valence-electron chi connectivity index (χ3n) is 3.80. The van der Waals surface area contributed by atoms with Gasteiger partial charge in [-0.3, -0.25) is 0 Å². The maximum atomic E-state index is 10.5. The molecule has 0 fully saturated rings. The van der Waals surface area contributed by atoms with Crippen LogP contribution in [0.25, 0.3) is 10.2 Å². The fourth-order valence-electron chi connectivity index (χ4n) is 2.70. The zero-order valence-electron chi connectivity index (χ0n) is 11.5. The average molecular weight is 297 g/mol. The van der Waals surface area contributed by atoms with Crippen LogP contribution in [0.4, 0.5) is 0 Å². The van der Waals surface area contributed by atoms with E-state index in [1.165, 1.54) is 10.3 Å². The maximum absolute atomic E-state index is 10.5. The molecule has 2 aromatic carbocycles. The van der Waals surface area contributed by atoms with Gasteiger partial charge in [0.15, 0.2) is 0 Å². The second-order valence-electron chi connectivity index (χ2n) is 5.26. The molecule has 1 N–H and O–H groups in total. The molecule has 0 amide bonds. The van der Waals surface area contributed by atoms with E-state index in [4.69, 9.17) is 4.74 Å². The van der Waals surface area contributed by atoms with Crippen LogP contribution in [0.5, 0.6) is 5.75 Å². The molecule has 1 aromatic heterocycles. The number of aliphatic hydroxyl groups excluding tert-OH is 1. The summed E-state index contributed by atoms with van der Waals surface area (Å²) in [4.78, 5) is 4.58. The number of fused-ring (bicyclic) bond motifs is 2. The Morgan fingerprint density at radius 2 is 2.14 bits per heavy atom. The van der Waals surface area contributed by atoms with E-state index in [9.17, 15) is 5.11 Å². The van der Waals surface area contributed by atoms with E-state index < -0.39 is 6.10 Å². The van der Waals surface area contributed by atoms with Crippen molar-refractivity contribution in [2.45, 2.75) is 18.9 Å². The number of hydrogen-bond acceptors (Lipinski definition) is 4. The molecule has 1 aliphatic rings. The summed E-state index contributed by atoms with van der Waals surface area (Å²) < 4.78 is 6.67. The summed E-state index contributed by atoms with van der Waals surface area (Å²) in [5.74, 6) is 0.950. The van der Waals surface area contributed by atoms with E-state index in [-0.39, 0.29) is 0 Å². The molecule has 21 heavy (non-hydrogen) atoms. The Bertz CT molecular complexity index is 763. The van der Waals surface area contributed by atoms with Crippen molar-refractivity contribution >= 4 is 21.6 Å². The van der Waals surface area contributed by atoms with Gasteiger partial charge in [0.2, 0.25) is 0 Å². The lowest BCUT2D eigenvalue weighted by Gasteiger charge is -2.10. The largest absolute Gasteiger partial charge is 0.493 e. The Balaban J connectivity index is 1.58. The average Bonchev–Trinajstić information content (AvgIpc) is 3.11. The number of aromatic nitrogens is 1. The van der Waals surface area contributed by atoms with Gasteiger partial charge in [0, 0.05) is 12.8 Å². The number of nitrogens with zero attached hydrogens (tertiary/aromatic N) is 1. The van der Waals surface area contributed by atoms with Gasteiger partial charge in [0.05, 0.1) is 27.9 Å². The predicted molar refractivity (Wildman–Crippen MR) is 83.9 cm³/mol. The van der Waals surface area contributed by atoms with Crippen LogP contribution in [0.15, 0.2) is 42.5 Å². The number of rotatable bonds is 3. The molecule has 2 heterocycles. The molecule has 0 radical (unpaired) electrons. The molecule has 3 aromatic rings. The van der Waals surface area contributed by atoms with Crippen LogP contribution in [-0.4, -0.2) is 16.7 Å². The van der Waals surface area contributed by atoms with E-state index >= 15 is 0 Å². The smallest absolute Gasteiger partial charge is 0.122 e. The van der Waals surface area contributed by atoms with Crippen LogP contribution in [0.2, 0.25) is 0 Å². The molecule has 0 bridgehead atoms. The van der Waals surface area contributed by atoms with E-state index in [0.29, 0.717) is 6.42 Å². The van der Waals surface area contributed by atoms with Gasteiger partial charge in [-0.15, -0.1) is 11.3 Å². The third kappa shape index (κ3) is 2.41. The van der Waals surface area contributed by atoms with Crippen LogP contribution < -0.4 is 4.74 Å². The molecule has 0 saturated carbocycles. The lowest BCUT2D eigenvalue weighted by Crippen LogP contribution is -2.01. The molecular weight excluding hydrogens is 282 g/mol. The molecular formula is C17H15NO2S. The maximum Gasteiger partial charge on any atom is 0.122 e. The minimum atomic E-state index is -0.517. The van der Waals surface area contributed by atoms with Crippen LogP contribution in [-0.2, 0) is 12.8 Å². The van der Waals surface area contributed by atoms with Crippen molar-refractivity contribution in [1.29, 1.82) is 0 Å². The highest BCUT2D eigenvalue weighted by atomic mass is 32.1. The van der Waals surface area contributed by atoms with Crippen molar-refractivity contribution < 1.29 is 9.84 Å². The molecule has 106 valence electrons. The van der Waals surface area contributed by atoms with Crippen LogP contribution >= 0.6 is 11.3 Å². The number of hydrogen-bond donors (Lipinski definition) is 1. The normalized spacial score (nSPS) is 14.9. The van der Waals surface area contributed by atoms with Crippen molar-refractivity contribution in [3.8, 4) is 5.75 Å². The fourth-order valence-corrected chi connectivity index (χ4v) is 3.71. The van der Waals surface area contributed by atoms with Crippen molar-refractivity contribution in [3.63, 3.8) is 0 Å². The van der Waals surface area contributed by atoms with E-state index in [2.05, 4.69) is 17.1 Å². The summed E-state index contributed by atoms with van der Waals surface area (Å²) >= 11 is 1.65. The monoisotopic (exact) mass is 297 g/mol. The second kappa shape index (κ2) is 5.13. The van der Waals surface area contributed by atoms with Gasteiger partial charge in [0.25, 0.3) is 0 Å². The topological polar surface area (TPSA) is 42.4 Å². The number of thiazole rings is 1. The minimum Gasteiger partial charge on any atom is -0.493 e. The lowest BCUT2D eigenvalue weighted by atomic mass is 10.0. The van der Waals surface area contributed by atoms with Crippen LogP contribution in [0.3, 0.4) is 0 Å². The van der Waals surface area contributed by atoms with Gasteiger partial charge < -0.3 is 9.84 Å². The van der Waals surface area contributed by atoms with Crippen molar-refractivity contribution in [2.24, 2.45) is 0 Å². The van der Waals surface area contributed by atoms with Crippen molar-refractivity contribution in [1.82, 2.24) is 4.98 Å². The summed E-state index contributed by atoms with van der Waals surface area (Å²) in [7, 11) is 0. The Labute approximate surface area is 126 Å². The first-order chi connectivity index (χ1) is 10.3. The molecule has 0 saturated heterocycles. The Hall–Kier alpha value is -1.91. The number of para-hydroxylation sites is 1. The zero-order valence-corrected chi connectivity index (χ0v) is 12.3. The summed E-state index contributed by atoms with van der Waals surface area (Å²) in [6.45, 7) is 0.743. The molecule has 0 aliphatic carbocycles. The van der Waals surface area contributed by atoms with E-state index in [1.807, 2.05) is 30.3 Å². The number of benzene rings is 2.